The first-order valence-corrected chi connectivity index (χ1v) is 6.59. The van der Waals surface area contributed by atoms with Crippen LogP contribution in [0.2, 0.25) is 0 Å². The molecule has 104 valence electrons. The predicted octanol–water partition coefficient (Wildman–Crippen LogP) is 1.80. The highest BCUT2D eigenvalue weighted by molar-refractivity contribution is 5.94. The van der Waals surface area contributed by atoms with Crippen LogP contribution < -0.4 is 0 Å². The van der Waals surface area contributed by atoms with Gasteiger partial charge in [0.15, 0.2) is 0 Å². The first-order chi connectivity index (χ1) is 9.72. The lowest BCUT2D eigenvalue weighted by Crippen LogP contribution is -2.31. The van der Waals surface area contributed by atoms with Crippen LogP contribution in [-0.2, 0) is 0 Å². The highest BCUT2D eigenvalue weighted by Crippen LogP contribution is 2.08. The Labute approximate surface area is 119 Å². The van der Waals surface area contributed by atoms with Crippen LogP contribution in [0.5, 0.6) is 0 Å². The van der Waals surface area contributed by atoms with Crippen LogP contribution in [0.25, 0.3) is 0 Å². The molecule has 0 aliphatic heterocycles. The molecule has 0 radical (unpaired) electrons. The smallest absolute Gasteiger partial charge is 0.253 e. The highest BCUT2D eigenvalue weighted by Gasteiger charge is 2.13. The number of hydrogen-bond donors (Lipinski definition) is 1. The van der Waals surface area contributed by atoms with E-state index in [0.717, 1.165) is 5.56 Å². The minimum absolute atomic E-state index is 0.0311. The topological polar surface area (TPSA) is 64.3 Å². The van der Waals surface area contributed by atoms with E-state index in [9.17, 15) is 4.79 Å². The van der Waals surface area contributed by atoms with Gasteiger partial charge >= 0.3 is 0 Å². The van der Waals surface area contributed by atoms with Crippen molar-refractivity contribution in [1.29, 1.82) is 5.26 Å². The van der Waals surface area contributed by atoms with E-state index in [2.05, 4.69) is 11.8 Å². The maximum absolute atomic E-state index is 12.3. The van der Waals surface area contributed by atoms with Crippen LogP contribution in [0.1, 0.15) is 35.7 Å². The molecule has 1 N–H and O–H groups in total. The van der Waals surface area contributed by atoms with Crippen LogP contribution in [0.3, 0.4) is 0 Å². The number of hydrogen-bond acceptors (Lipinski definition) is 3. The zero-order valence-corrected chi connectivity index (χ0v) is 11.6. The Balaban J connectivity index is 2.85. The Hall–Kier alpha value is -2.30. The summed E-state index contributed by atoms with van der Waals surface area (Å²) in [6.45, 7) is 2.93. The number of aliphatic hydroxyl groups is 1. The number of nitriles is 1. The van der Waals surface area contributed by atoms with Gasteiger partial charge in [0.05, 0.1) is 19.1 Å². The molecule has 0 aliphatic rings. The molecule has 0 aromatic heterocycles. The minimum atomic E-state index is -0.0893. The quantitative estimate of drug-likeness (QED) is 0.830. The maximum Gasteiger partial charge on any atom is 0.253 e. The van der Waals surface area contributed by atoms with Gasteiger partial charge < -0.3 is 10.0 Å². The van der Waals surface area contributed by atoms with Crippen LogP contribution in [-0.4, -0.2) is 35.6 Å². The summed E-state index contributed by atoms with van der Waals surface area (Å²) >= 11 is 0. The van der Waals surface area contributed by atoms with Crippen LogP contribution >= 0.6 is 0 Å². The fourth-order valence-corrected chi connectivity index (χ4v) is 1.72. The van der Waals surface area contributed by atoms with Crippen LogP contribution in [0.4, 0.5) is 0 Å². The second-order valence-electron chi connectivity index (χ2n) is 4.15. The Kier molecular flexibility index (Phi) is 6.89. The van der Waals surface area contributed by atoms with Gasteiger partial charge in [0, 0.05) is 30.6 Å². The van der Waals surface area contributed by atoms with Crippen LogP contribution in [0.15, 0.2) is 24.3 Å². The molecule has 0 spiro atoms. The average Bonchev–Trinajstić information content (AvgIpc) is 2.48. The van der Waals surface area contributed by atoms with E-state index in [1.54, 1.807) is 23.1 Å². The lowest BCUT2D eigenvalue weighted by atomic mass is 10.1. The van der Waals surface area contributed by atoms with Gasteiger partial charge in [-0.3, -0.25) is 4.79 Å². The van der Waals surface area contributed by atoms with E-state index in [1.165, 1.54) is 0 Å². The van der Waals surface area contributed by atoms with Gasteiger partial charge in [-0.05, 0) is 25.1 Å². The predicted molar refractivity (Wildman–Crippen MR) is 76.8 cm³/mol. The van der Waals surface area contributed by atoms with E-state index in [0.29, 0.717) is 31.5 Å². The molecule has 4 nitrogen and oxygen atoms in total. The van der Waals surface area contributed by atoms with Crippen molar-refractivity contribution >= 4 is 5.91 Å². The molecule has 0 heterocycles. The Morgan fingerprint density at radius 3 is 2.85 bits per heavy atom. The minimum Gasteiger partial charge on any atom is -0.395 e. The van der Waals surface area contributed by atoms with Gasteiger partial charge in [0.2, 0.25) is 0 Å². The number of carbonyl (C=O) groups excluding carboxylic acids is 1. The molecule has 0 unspecified atom stereocenters. The molecule has 1 amide bonds. The fraction of sp³-hybridized carbons (Fsp3) is 0.375. The molecule has 0 saturated heterocycles. The third kappa shape index (κ3) is 4.76. The zero-order chi connectivity index (χ0) is 14.8. The number of benzene rings is 1. The monoisotopic (exact) mass is 270 g/mol. The van der Waals surface area contributed by atoms with E-state index in [1.807, 2.05) is 19.1 Å². The maximum atomic E-state index is 12.3. The summed E-state index contributed by atoms with van der Waals surface area (Å²) in [6.07, 6.45) is 0.747. The molecule has 0 aliphatic carbocycles. The fourth-order valence-electron chi connectivity index (χ4n) is 1.72. The van der Waals surface area contributed by atoms with Crippen molar-refractivity contribution in [3.05, 3.63) is 35.4 Å². The molecule has 4 heteroatoms. The molecule has 0 fully saturated rings. The summed E-state index contributed by atoms with van der Waals surface area (Å²) in [5.41, 5.74) is 1.32. The van der Waals surface area contributed by atoms with Crippen molar-refractivity contribution in [2.75, 3.05) is 19.7 Å². The van der Waals surface area contributed by atoms with Gasteiger partial charge in [-0.2, -0.15) is 5.26 Å². The number of nitrogens with zero attached hydrogens (tertiary/aromatic N) is 2. The van der Waals surface area contributed by atoms with E-state index < -0.39 is 0 Å². The van der Waals surface area contributed by atoms with Crippen molar-refractivity contribution in [3.63, 3.8) is 0 Å². The van der Waals surface area contributed by atoms with Gasteiger partial charge in [-0.15, -0.1) is 0 Å². The molecule has 1 aromatic rings. The summed E-state index contributed by atoms with van der Waals surface area (Å²) in [4.78, 5) is 13.9. The summed E-state index contributed by atoms with van der Waals surface area (Å²) in [5, 5.41) is 17.3. The van der Waals surface area contributed by atoms with Gasteiger partial charge in [-0.1, -0.05) is 17.9 Å². The molecular weight excluding hydrogens is 252 g/mol. The Morgan fingerprint density at radius 2 is 2.20 bits per heavy atom. The second-order valence-corrected chi connectivity index (χ2v) is 4.15. The molecule has 20 heavy (non-hydrogen) atoms. The first kappa shape index (κ1) is 15.8. The van der Waals surface area contributed by atoms with Crippen molar-refractivity contribution in [1.82, 2.24) is 4.90 Å². The van der Waals surface area contributed by atoms with E-state index >= 15 is 0 Å². The third-order valence-electron chi connectivity index (χ3n) is 2.74. The van der Waals surface area contributed by atoms with Crippen molar-refractivity contribution in [3.8, 4) is 17.9 Å². The zero-order valence-electron chi connectivity index (χ0n) is 11.6. The summed E-state index contributed by atoms with van der Waals surface area (Å²) in [7, 11) is 0. The molecule has 0 atom stereocenters. The molecular formula is C16H18N2O2. The summed E-state index contributed by atoms with van der Waals surface area (Å²) in [5.74, 6) is 5.65. The van der Waals surface area contributed by atoms with Gasteiger partial charge in [-0.25, -0.2) is 0 Å². The number of rotatable bonds is 5. The highest BCUT2D eigenvalue weighted by atomic mass is 16.2. The second kappa shape index (κ2) is 8.74. The molecule has 1 rings (SSSR count). The average molecular weight is 270 g/mol. The lowest BCUT2D eigenvalue weighted by Gasteiger charge is -2.19. The molecule has 0 saturated carbocycles. The van der Waals surface area contributed by atoms with Crippen molar-refractivity contribution in [2.24, 2.45) is 0 Å². The summed E-state index contributed by atoms with van der Waals surface area (Å²) < 4.78 is 0. The molecule has 1 aromatic carbocycles. The van der Waals surface area contributed by atoms with E-state index in [4.69, 9.17) is 10.4 Å². The third-order valence-corrected chi connectivity index (χ3v) is 2.74. The number of amides is 1. The van der Waals surface area contributed by atoms with Crippen molar-refractivity contribution in [2.45, 2.75) is 19.8 Å². The number of carbonyl (C=O) groups is 1. The molecule has 0 bridgehead atoms. The Morgan fingerprint density at radius 1 is 1.40 bits per heavy atom. The van der Waals surface area contributed by atoms with E-state index in [-0.39, 0.29) is 12.5 Å². The first-order valence-electron chi connectivity index (χ1n) is 6.59. The number of aliphatic hydroxyl groups excluding tert-OH is 1. The normalized spacial score (nSPS) is 9.25. The Bertz CT molecular complexity index is 550. The lowest BCUT2D eigenvalue weighted by molar-refractivity contribution is 0.0768. The van der Waals surface area contributed by atoms with Crippen molar-refractivity contribution < 1.29 is 9.90 Å². The standard InChI is InChI=1S/C16H18N2O2/c1-2-18(11-6-10-17)16(20)15-9-5-8-14(13-15)7-3-4-12-19/h5,8-9,13,19H,2,4,6,11-12H2,1H3. The van der Waals surface area contributed by atoms with Crippen LogP contribution in [0, 0.1) is 23.2 Å². The SMILES string of the molecule is CCN(CCC#N)C(=O)c1cccc(C#CCCO)c1. The van der Waals surface area contributed by atoms with Gasteiger partial charge in [0.1, 0.15) is 0 Å². The van der Waals surface area contributed by atoms with Gasteiger partial charge in [0.25, 0.3) is 5.91 Å². The largest absolute Gasteiger partial charge is 0.395 e. The summed E-state index contributed by atoms with van der Waals surface area (Å²) in [6, 6.07) is 9.14.